The first-order chi connectivity index (χ1) is 10.5. The Kier molecular flexibility index (Phi) is 4.85. The Labute approximate surface area is 131 Å². The lowest BCUT2D eigenvalue weighted by Crippen LogP contribution is -2.19. The maximum Gasteiger partial charge on any atom is 0.288 e. The number of benzene rings is 2. The van der Waals surface area contributed by atoms with Crippen molar-refractivity contribution in [1.29, 1.82) is 0 Å². The lowest BCUT2D eigenvalue weighted by atomic mass is 10.1. The maximum atomic E-state index is 11.9. The van der Waals surface area contributed by atoms with E-state index in [0.717, 1.165) is 0 Å². The second-order valence-electron chi connectivity index (χ2n) is 4.43. The van der Waals surface area contributed by atoms with E-state index >= 15 is 0 Å². The Balaban J connectivity index is 2.18. The van der Waals surface area contributed by atoms with Gasteiger partial charge >= 0.3 is 0 Å². The van der Waals surface area contributed by atoms with Crippen molar-refractivity contribution in [3.05, 3.63) is 74.8 Å². The molecule has 0 saturated heterocycles. The van der Waals surface area contributed by atoms with Crippen LogP contribution in [0.25, 0.3) is 0 Å². The van der Waals surface area contributed by atoms with Crippen molar-refractivity contribution < 1.29 is 9.72 Å². The predicted molar refractivity (Wildman–Crippen MR) is 84.2 cm³/mol. The van der Waals surface area contributed by atoms with Crippen LogP contribution in [-0.4, -0.2) is 16.5 Å². The SMILES string of the molecule is C/C(=N/NC(=O)c1ccccc1)c1ccc(Cl)c([N+](=O)[O-])c1. The highest BCUT2D eigenvalue weighted by molar-refractivity contribution is 6.32. The molecule has 0 aliphatic rings. The molecule has 0 atom stereocenters. The lowest BCUT2D eigenvalue weighted by molar-refractivity contribution is -0.384. The third-order valence-corrected chi connectivity index (χ3v) is 3.24. The first-order valence-electron chi connectivity index (χ1n) is 6.33. The summed E-state index contributed by atoms with van der Waals surface area (Å²) in [6.07, 6.45) is 0. The summed E-state index contributed by atoms with van der Waals surface area (Å²) in [7, 11) is 0. The number of amides is 1. The average molecular weight is 318 g/mol. The van der Waals surface area contributed by atoms with Crippen LogP contribution in [-0.2, 0) is 0 Å². The molecule has 7 heteroatoms. The van der Waals surface area contributed by atoms with E-state index in [9.17, 15) is 14.9 Å². The number of hydrogen-bond donors (Lipinski definition) is 1. The monoisotopic (exact) mass is 317 g/mol. The van der Waals surface area contributed by atoms with Crippen molar-refractivity contribution in [3.8, 4) is 0 Å². The number of nitro benzene ring substituents is 1. The van der Waals surface area contributed by atoms with Crippen LogP contribution in [0.3, 0.4) is 0 Å². The first kappa shape index (κ1) is 15.7. The van der Waals surface area contributed by atoms with Crippen molar-refractivity contribution in [2.45, 2.75) is 6.92 Å². The summed E-state index contributed by atoms with van der Waals surface area (Å²) in [5, 5.41) is 14.9. The Bertz CT molecular complexity index is 745. The van der Waals surface area contributed by atoms with Crippen molar-refractivity contribution >= 4 is 28.9 Å². The van der Waals surface area contributed by atoms with Crippen LogP contribution in [0.1, 0.15) is 22.8 Å². The van der Waals surface area contributed by atoms with Crippen molar-refractivity contribution in [2.24, 2.45) is 5.10 Å². The number of rotatable bonds is 4. The van der Waals surface area contributed by atoms with E-state index in [1.54, 1.807) is 43.3 Å². The van der Waals surface area contributed by atoms with Crippen LogP contribution in [0, 0.1) is 10.1 Å². The molecule has 22 heavy (non-hydrogen) atoms. The highest BCUT2D eigenvalue weighted by Gasteiger charge is 2.14. The molecule has 2 rings (SSSR count). The highest BCUT2D eigenvalue weighted by atomic mass is 35.5. The highest BCUT2D eigenvalue weighted by Crippen LogP contribution is 2.25. The van der Waals surface area contributed by atoms with Gasteiger partial charge in [0, 0.05) is 17.2 Å². The predicted octanol–water partition coefficient (Wildman–Crippen LogP) is 3.40. The zero-order chi connectivity index (χ0) is 16.1. The van der Waals surface area contributed by atoms with E-state index in [-0.39, 0.29) is 16.6 Å². The third kappa shape index (κ3) is 3.67. The number of nitrogens with one attached hydrogen (secondary N) is 1. The number of halogens is 1. The van der Waals surface area contributed by atoms with Crippen LogP contribution < -0.4 is 5.43 Å². The molecule has 0 bridgehead atoms. The zero-order valence-corrected chi connectivity index (χ0v) is 12.4. The molecule has 0 unspecified atom stereocenters. The van der Waals surface area contributed by atoms with Crippen LogP contribution in [0.4, 0.5) is 5.69 Å². The van der Waals surface area contributed by atoms with Crippen LogP contribution in [0.15, 0.2) is 53.6 Å². The molecular weight excluding hydrogens is 306 g/mol. The van der Waals surface area contributed by atoms with Gasteiger partial charge in [-0.25, -0.2) is 5.43 Å². The van der Waals surface area contributed by atoms with E-state index in [0.29, 0.717) is 16.8 Å². The molecule has 0 heterocycles. The summed E-state index contributed by atoms with van der Waals surface area (Å²) < 4.78 is 0. The normalized spacial score (nSPS) is 11.1. The molecule has 6 nitrogen and oxygen atoms in total. The summed E-state index contributed by atoms with van der Waals surface area (Å²) in [6.45, 7) is 1.64. The van der Waals surface area contributed by atoms with E-state index < -0.39 is 4.92 Å². The van der Waals surface area contributed by atoms with Gasteiger partial charge in [-0.05, 0) is 25.1 Å². The van der Waals surface area contributed by atoms with Gasteiger partial charge in [0.1, 0.15) is 5.02 Å². The maximum absolute atomic E-state index is 11.9. The van der Waals surface area contributed by atoms with E-state index in [1.807, 2.05) is 0 Å². The van der Waals surface area contributed by atoms with Gasteiger partial charge < -0.3 is 0 Å². The number of nitrogens with zero attached hydrogens (tertiary/aromatic N) is 2. The molecular formula is C15H12ClN3O3. The molecule has 1 amide bonds. The Morgan fingerprint density at radius 2 is 1.86 bits per heavy atom. The van der Waals surface area contributed by atoms with Crippen LogP contribution >= 0.6 is 11.6 Å². The number of nitro groups is 1. The third-order valence-electron chi connectivity index (χ3n) is 2.92. The molecule has 0 aliphatic carbocycles. The van der Waals surface area contributed by atoms with Crippen LogP contribution in [0.5, 0.6) is 0 Å². The standard InChI is InChI=1S/C15H12ClN3O3/c1-10(12-7-8-13(16)14(9-12)19(21)22)17-18-15(20)11-5-3-2-4-6-11/h2-9H,1H3,(H,18,20)/b17-10-. The summed E-state index contributed by atoms with van der Waals surface area (Å²) in [5.74, 6) is -0.358. The molecule has 1 N–H and O–H groups in total. The van der Waals surface area contributed by atoms with E-state index in [2.05, 4.69) is 10.5 Å². The molecule has 112 valence electrons. The van der Waals surface area contributed by atoms with Crippen molar-refractivity contribution in [1.82, 2.24) is 5.43 Å². The van der Waals surface area contributed by atoms with Crippen molar-refractivity contribution in [2.75, 3.05) is 0 Å². The summed E-state index contributed by atoms with van der Waals surface area (Å²) in [6, 6.07) is 13.0. The molecule has 2 aromatic carbocycles. The first-order valence-corrected chi connectivity index (χ1v) is 6.71. The Morgan fingerprint density at radius 1 is 1.18 bits per heavy atom. The minimum absolute atomic E-state index is 0.0508. The van der Waals surface area contributed by atoms with Crippen LogP contribution in [0.2, 0.25) is 5.02 Å². The summed E-state index contributed by atoms with van der Waals surface area (Å²) in [4.78, 5) is 22.2. The second-order valence-corrected chi connectivity index (χ2v) is 4.83. The average Bonchev–Trinajstić information content (AvgIpc) is 2.53. The molecule has 0 aliphatic heterocycles. The lowest BCUT2D eigenvalue weighted by Gasteiger charge is -2.04. The summed E-state index contributed by atoms with van der Waals surface area (Å²) >= 11 is 5.75. The molecule has 0 saturated carbocycles. The van der Waals surface area contributed by atoms with Gasteiger partial charge in [0.25, 0.3) is 11.6 Å². The molecule has 2 aromatic rings. The zero-order valence-electron chi connectivity index (χ0n) is 11.6. The van der Waals surface area contributed by atoms with Gasteiger partial charge in [0.15, 0.2) is 0 Å². The van der Waals surface area contributed by atoms with Gasteiger partial charge in [-0.1, -0.05) is 35.9 Å². The largest absolute Gasteiger partial charge is 0.288 e. The number of hydrazone groups is 1. The number of hydrogen-bond acceptors (Lipinski definition) is 4. The second kappa shape index (κ2) is 6.82. The molecule has 0 fully saturated rings. The quantitative estimate of drug-likeness (QED) is 0.533. The van der Waals surface area contributed by atoms with Gasteiger partial charge in [0.2, 0.25) is 0 Å². The fourth-order valence-electron chi connectivity index (χ4n) is 1.73. The number of carbonyl (C=O) groups is 1. The van der Waals surface area contributed by atoms with E-state index in [1.165, 1.54) is 12.1 Å². The molecule has 0 aromatic heterocycles. The van der Waals surface area contributed by atoms with Gasteiger partial charge in [0.05, 0.1) is 10.6 Å². The van der Waals surface area contributed by atoms with E-state index in [4.69, 9.17) is 11.6 Å². The fraction of sp³-hybridized carbons (Fsp3) is 0.0667. The van der Waals surface area contributed by atoms with Gasteiger partial charge in [-0.3, -0.25) is 14.9 Å². The molecule has 0 spiro atoms. The Morgan fingerprint density at radius 3 is 2.50 bits per heavy atom. The minimum atomic E-state index is -0.568. The molecule has 0 radical (unpaired) electrons. The van der Waals surface area contributed by atoms with Crippen molar-refractivity contribution in [3.63, 3.8) is 0 Å². The summed E-state index contributed by atoms with van der Waals surface area (Å²) in [5.41, 5.74) is 3.61. The van der Waals surface area contributed by atoms with Gasteiger partial charge in [-0.15, -0.1) is 0 Å². The topological polar surface area (TPSA) is 84.6 Å². The minimum Gasteiger partial charge on any atom is -0.267 e. The fourth-order valence-corrected chi connectivity index (χ4v) is 1.92. The smallest absolute Gasteiger partial charge is 0.267 e. The number of carbonyl (C=O) groups excluding carboxylic acids is 1. The van der Waals surface area contributed by atoms with Gasteiger partial charge in [-0.2, -0.15) is 5.10 Å². The Hall–Kier alpha value is -2.73.